The average molecular weight is 750 g/mol. The fourth-order valence-corrected chi connectivity index (χ4v) is 9.95. The molecule has 0 aliphatic heterocycles. The third-order valence-corrected chi connectivity index (χ3v) is 12.9. The van der Waals surface area contributed by atoms with E-state index < -0.39 is 0 Å². The van der Waals surface area contributed by atoms with Gasteiger partial charge >= 0.3 is 0 Å². The van der Waals surface area contributed by atoms with Crippen molar-refractivity contribution < 1.29 is 0 Å². The van der Waals surface area contributed by atoms with Crippen LogP contribution in [-0.2, 0) is 0 Å². The molecule has 0 atom stereocenters. The highest BCUT2D eigenvalue weighted by atomic mass is 32.1. The molecule has 11 aromatic rings. The Morgan fingerprint density at radius 3 is 1.52 bits per heavy atom. The Bertz CT molecular complexity index is 3230. The fraction of sp³-hybridized carbons (Fsp3) is 0. The summed E-state index contributed by atoms with van der Waals surface area (Å²) in [5.74, 6) is 0.682. The first kappa shape index (κ1) is 32.6. The van der Waals surface area contributed by atoms with E-state index in [1.165, 1.54) is 62.6 Å². The highest BCUT2D eigenvalue weighted by Gasteiger charge is 2.14. The van der Waals surface area contributed by atoms with Gasteiger partial charge in [0.2, 0.25) is 0 Å². The second-order valence-electron chi connectivity index (χ2n) is 14.1. The summed E-state index contributed by atoms with van der Waals surface area (Å²) in [6.45, 7) is 0. The zero-order chi connectivity index (χ0) is 37.0. The number of fused-ring (bicyclic) bond motifs is 6. The first-order valence-electron chi connectivity index (χ1n) is 18.6. The molecule has 4 aromatic heterocycles. The first-order chi connectivity index (χ1) is 27.7. The van der Waals surface area contributed by atoms with Crippen LogP contribution in [-0.4, -0.2) is 15.0 Å². The van der Waals surface area contributed by atoms with Crippen LogP contribution < -0.4 is 0 Å². The minimum absolute atomic E-state index is 0.682. The lowest BCUT2D eigenvalue weighted by Crippen LogP contribution is -1.96. The highest BCUT2D eigenvalue weighted by molar-refractivity contribution is 7.26. The van der Waals surface area contributed by atoms with Crippen molar-refractivity contribution in [3.05, 3.63) is 188 Å². The molecule has 0 spiro atoms. The predicted molar refractivity (Wildman–Crippen MR) is 238 cm³/mol. The van der Waals surface area contributed by atoms with Crippen molar-refractivity contribution in [3.8, 4) is 67.3 Å². The zero-order valence-electron chi connectivity index (χ0n) is 30.1. The number of hydrogen-bond acceptors (Lipinski definition) is 5. The average Bonchev–Trinajstić information content (AvgIpc) is 3.84. The van der Waals surface area contributed by atoms with Crippen LogP contribution in [0.4, 0.5) is 0 Å². The lowest BCUT2D eigenvalue weighted by molar-refractivity contribution is 1.18. The van der Waals surface area contributed by atoms with Crippen LogP contribution in [0.5, 0.6) is 0 Å². The molecule has 0 aliphatic rings. The summed E-state index contributed by atoms with van der Waals surface area (Å²) in [6, 6.07) is 63.0. The van der Waals surface area contributed by atoms with Crippen molar-refractivity contribution in [2.75, 3.05) is 0 Å². The van der Waals surface area contributed by atoms with Crippen molar-refractivity contribution in [1.82, 2.24) is 15.0 Å². The second kappa shape index (κ2) is 13.5. The van der Waals surface area contributed by atoms with E-state index in [9.17, 15) is 0 Å². The number of aromatic nitrogens is 3. The third kappa shape index (κ3) is 5.86. The normalized spacial score (nSPS) is 11.6. The van der Waals surface area contributed by atoms with Crippen LogP contribution in [0.15, 0.2) is 188 Å². The van der Waals surface area contributed by atoms with Gasteiger partial charge in [-0.25, -0.2) is 9.97 Å². The monoisotopic (exact) mass is 749 g/mol. The van der Waals surface area contributed by atoms with Gasteiger partial charge in [0.25, 0.3) is 0 Å². The molecule has 0 fully saturated rings. The van der Waals surface area contributed by atoms with E-state index >= 15 is 0 Å². The van der Waals surface area contributed by atoms with Crippen LogP contribution in [0.1, 0.15) is 0 Å². The van der Waals surface area contributed by atoms with Gasteiger partial charge in [-0.05, 0) is 76.3 Å². The molecule has 0 amide bonds. The summed E-state index contributed by atoms with van der Waals surface area (Å²) in [7, 11) is 0. The van der Waals surface area contributed by atoms with E-state index in [2.05, 4.69) is 175 Å². The van der Waals surface area contributed by atoms with E-state index in [-0.39, 0.29) is 0 Å². The van der Waals surface area contributed by atoms with Gasteiger partial charge in [0.15, 0.2) is 5.82 Å². The Hall–Kier alpha value is -6.79. The lowest BCUT2D eigenvalue weighted by atomic mass is 9.99. The molecule has 0 unspecified atom stereocenters. The number of thiophene rings is 2. The van der Waals surface area contributed by atoms with E-state index in [1.54, 1.807) is 6.20 Å². The van der Waals surface area contributed by atoms with Gasteiger partial charge in [-0.3, -0.25) is 4.98 Å². The van der Waals surface area contributed by atoms with Crippen molar-refractivity contribution in [3.63, 3.8) is 0 Å². The van der Waals surface area contributed by atoms with Crippen LogP contribution >= 0.6 is 22.7 Å². The Morgan fingerprint density at radius 2 is 0.821 bits per heavy atom. The van der Waals surface area contributed by atoms with Gasteiger partial charge < -0.3 is 0 Å². The summed E-state index contributed by atoms with van der Waals surface area (Å²) in [6.07, 6.45) is 3.69. The van der Waals surface area contributed by atoms with Crippen LogP contribution in [0.3, 0.4) is 0 Å². The Morgan fingerprint density at radius 1 is 0.304 bits per heavy atom. The maximum absolute atomic E-state index is 5.19. The van der Waals surface area contributed by atoms with Gasteiger partial charge in [0.1, 0.15) is 0 Å². The van der Waals surface area contributed by atoms with Gasteiger partial charge in [-0.1, -0.05) is 127 Å². The van der Waals surface area contributed by atoms with Crippen molar-refractivity contribution in [1.29, 1.82) is 0 Å². The van der Waals surface area contributed by atoms with E-state index in [0.717, 1.165) is 39.2 Å². The van der Waals surface area contributed by atoms with Crippen molar-refractivity contribution in [2.24, 2.45) is 0 Å². The maximum Gasteiger partial charge on any atom is 0.160 e. The van der Waals surface area contributed by atoms with E-state index in [4.69, 9.17) is 9.97 Å². The van der Waals surface area contributed by atoms with Gasteiger partial charge in [-0.15, -0.1) is 22.7 Å². The quantitative estimate of drug-likeness (QED) is 0.170. The molecule has 4 heterocycles. The molecule has 0 N–H and O–H groups in total. The number of rotatable bonds is 6. The minimum atomic E-state index is 0.682. The van der Waals surface area contributed by atoms with Crippen molar-refractivity contribution in [2.45, 2.75) is 0 Å². The molecule has 0 saturated heterocycles. The molecule has 5 heteroatoms. The molecule has 262 valence electrons. The van der Waals surface area contributed by atoms with Crippen molar-refractivity contribution >= 4 is 63.0 Å². The molecule has 0 saturated carbocycles. The third-order valence-electron chi connectivity index (χ3n) is 10.6. The van der Waals surface area contributed by atoms with Crippen LogP contribution in [0.2, 0.25) is 0 Å². The predicted octanol–water partition coefficient (Wildman–Crippen LogP) is 14.6. The number of hydrogen-bond donors (Lipinski definition) is 0. The summed E-state index contributed by atoms with van der Waals surface area (Å²) in [5.41, 5.74) is 11.7. The molecule has 11 rings (SSSR count). The topological polar surface area (TPSA) is 38.7 Å². The molecule has 7 aromatic carbocycles. The Labute approximate surface area is 331 Å². The molecule has 0 aliphatic carbocycles. The maximum atomic E-state index is 5.19. The van der Waals surface area contributed by atoms with E-state index in [0.29, 0.717) is 5.82 Å². The highest BCUT2D eigenvalue weighted by Crippen LogP contribution is 2.39. The first-order valence-corrected chi connectivity index (χ1v) is 20.3. The molecular formula is C51H31N3S2. The standard InChI is InChI=1S/C51H31N3S2/c1-3-12-47-41(10-1)43-24-22-38(29-50(43)56-47)33-16-20-35(21-17-33)46-30-45(53-51(54-46)39-8-5-7-36(27-39)40-9-6-26-52-31-40)34-18-14-32(15-19-34)37-23-25-49-44(28-37)42-11-2-4-13-48(42)55-49/h1-31H. The summed E-state index contributed by atoms with van der Waals surface area (Å²) in [5, 5.41) is 5.24. The van der Waals surface area contributed by atoms with Gasteiger partial charge in [0.05, 0.1) is 11.4 Å². The zero-order valence-corrected chi connectivity index (χ0v) is 31.7. The smallest absolute Gasteiger partial charge is 0.160 e. The fourth-order valence-electron chi connectivity index (χ4n) is 7.72. The minimum Gasteiger partial charge on any atom is -0.264 e. The number of pyridine rings is 1. The largest absolute Gasteiger partial charge is 0.264 e. The van der Waals surface area contributed by atoms with Crippen LogP contribution in [0, 0.1) is 0 Å². The lowest BCUT2D eigenvalue weighted by Gasteiger charge is -2.12. The molecular weight excluding hydrogens is 719 g/mol. The molecule has 3 nitrogen and oxygen atoms in total. The SMILES string of the molecule is c1cncc(-c2cccc(-c3nc(-c4ccc(-c5ccc6c(c5)sc5ccccc56)cc4)cc(-c4ccc(-c5ccc6sc7ccccc7c6c5)cc4)n3)c2)c1. The summed E-state index contributed by atoms with van der Waals surface area (Å²) >= 11 is 3.70. The van der Waals surface area contributed by atoms with Crippen LogP contribution in [0.25, 0.3) is 108 Å². The Balaban J connectivity index is 0.976. The second-order valence-corrected chi connectivity index (χ2v) is 16.2. The summed E-state index contributed by atoms with van der Waals surface area (Å²) in [4.78, 5) is 14.7. The molecule has 0 bridgehead atoms. The summed E-state index contributed by atoms with van der Waals surface area (Å²) < 4.78 is 5.25. The van der Waals surface area contributed by atoms with Gasteiger partial charge in [0, 0.05) is 75.0 Å². The molecule has 56 heavy (non-hydrogen) atoms. The number of nitrogens with zero attached hydrogens (tertiary/aromatic N) is 3. The van der Waals surface area contributed by atoms with Gasteiger partial charge in [-0.2, -0.15) is 0 Å². The Kier molecular flexibility index (Phi) is 7.87. The number of benzene rings is 7. The molecule has 0 radical (unpaired) electrons. The van der Waals surface area contributed by atoms with E-state index in [1.807, 2.05) is 34.9 Å².